The van der Waals surface area contributed by atoms with E-state index in [9.17, 15) is 18.4 Å². The number of aromatic nitrogens is 4. The molecular formula is C20H17F3N6. The molecule has 3 heterocycles. The van der Waals surface area contributed by atoms with Gasteiger partial charge in [0.2, 0.25) is 5.95 Å². The Morgan fingerprint density at radius 3 is 2.72 bits per heavy atom. The van der Waals surface area contributed by atoms with Gasteiger partial charge in [-0.2, -0.15) is 18.4 Å². The quantitative estimate of drug-likeness (QED) is 0.623. The first-order chi connectivity index (χ1) is 13.8. The minimum Gasteiger partial charge on any atom is -0.351 e. The van der Waals surface area contributed by atoms with Crippen molar-refractivity contribution in [1.29, 1.82) is 5.26 Å². The smallest absolute Gasteiger partial charge is 0.351 e. The number of pyridine rings is 1. The average Bonchev–Trinajstić information content (AvgIpc) is 3.07. The van der Waals surface area contributed by atoms with Crippen molar-refractivity contribution >= 4 is 17.0 Å². The number of alkyl halides is 3. The van der Waals surface area contributed by atoms with Crippen molar-refractivity contribution < 1.29 is 13.2 Å². The van der Waals surface area contributed by atoms with Gasteiger partial charge in [0, 0.05) is 29.4 Å². The molecule has 1 atom stereocenters. The van der Waals surface area contributed by atoms with Crippen LogP contribution >= 0.6 is 0 Å². The number of fused-ring (bicyclic) bond motifs is 1. The van der Waals surface area contributed by atoms with E-state index >= 15 is 0 Å². The van der Waals surface area contributed by atoms with E-state index in [2.05, 4.69) is 31.8 Å². The van der Waals surface area contributed by atoms with E-state index in [1.165, 1.54) is 18.0 Å². The number of nitrogens with zero attached hydrogens (tertiary/aromatic N) is 4. The summed E-state index contributed by atoms with van der Waals surface area (Å²) in [4.78, 5) is 15.3. The molecule has 1 unspecified atom stereocenters. The number of nitriles is 1. The summed E-state index contributed by atoms with van der Waals surface area (Å²) in [7, 11) is 0. The predicted molar refractivity (Wildman–Crippen MR) is 102 cm³/mol. The number of aromatic amines is 1. The van der Waals surface area contributed by atoms with Crippen LogP contribution in [0.25, 0.3) is 22.3 Å². The summed E-state index contributed by atoms with van der Waals surface area (Å²) in [6.45, 7) is 5.96. The first-order valence-corrected chi connectivity index (χ1v) is 9.01. The summed E-state index contributed by atoms with van der Waals surface area (Å²) >= 11 is 0. The minimum absolute atomic E-state index is 0.0998. The molecule has 6 nitrogen and oxygen atoms in total. The Morgan fingerprint density at radius 2 is 2.07 bits per heavy atom. The van der Waals surface area contributed by atoms with Crippen molar-refractivity contribution in [1.82, 2.24) is 19.9 Å². The molecule has 2 N–H and O–H groups in total. The van der Waals surface area contributed by atoms with Crippen LogP contribution in [0.15, 0.2) is 36.8 Å². The molecule has 1 aliphatic carbocycles. The number of nitrogens with one attached hydrogen (secondary N) is 2. The fourth-order valence-electron chi connectivity index (χ4n) is 3.45. The van der Waals surface area contributed by atoms with Gasteiger partial charge in [0.15, 0.2) is 0 Å². The highest BCUT2D eigenvalue weighted by Gasteiger charge is 2.32. The Labute approximate surface area is 164 Å². The summed E-state index contributed by atoms with van der Waals surface area (Å²) in [6.07, 6.45) is 1.00. The molecule has 0 aromatic carbocycles. The normalized spacial score (nSPS) is 15.8. The van der Waals surface area contributed by atoms with Crippen LogP contribution in [0.2, 0.25) is 0 Å². The summed E-state index contributed by atoms with van der Waals surface area (Å²) < 4.78 is 39.3. The predicted octanol–water partition coefficient (Wildman–Crippen LogP) is 4.68. The van der Waals surface area contributed by atoms with Crippen molar-refractivity contribution in [3.05, 3.63) is 47.9 Å². The lowest BCUT2D eigenvalue weighted by Gasteiger charge is -2.34. The highest BCUT2D eigenvalue weighted by Crippen LogP contribution is 2.36. The summed E-state index contributed by atoms with van der Waals surface area (Å²) in [5, 5.41) is 12.9. The van der Waals surface area contributed by atoms with Gasteiger partial charge in [-0.05, 0) is 31.7 Å². The van der Waals surface area contributed by atoms with Gasteiger partial charge in [-0.25, -0.2) is 15.0 Å². The Bertz CT molecular complexity index is 1130. The van der Waals surface area contributed by atoms with Crippen LogP contribution in [0.4, 0.5) is 19.1 Å². The summed E-state index contributed by atoms with van der Waals surface area (Å²) in [5.74, 6) is 0.745. The fraction of sp³-hybridized carbons (Fsp3) is 0.300. The maximum atomic E-state index is 13.1. The third-order valence-electron chi connectivity index (χ3n) is 5.19. The topological polar surface area (TPSA) is 90.3 Å². The highest BCUT2D eigenvalue weighted by atomic mass is 19.4. The Hall–Kier alpha value is -3.41. The molecule has 1 saturated carbocycles. The molecule has 4 rings (SSSR count). The molecule has 29 heavy (non-hydrogen) atoms. The van der Waals surface area contributed by atoms with Crippen molar-refractivity contribution in [3.63, 3.8) is 0 Å². The second-order valence-electron chi connectivity index (χ2n) is 7.24. The fourth-order valence-corrected chi connectivity index (χ4v) is 3.45. The molecule has 1 aliphatic rings. The van der Waals surface area contributed by atoms with Crippen LogP contribution in [0.3, 0.4) is 0 Å². The maximum Gasteiger partial charge on any atom is 0.417 e. The standard InChI is InChI=1S/C20H17F3N6/c1-10-3-12(4-10)11(2)28-19-27-7-13(6-24)17(29-19)16-9-26-18-15(16)5-14(8-25-18)20(21,22)23/h5,7-9,11-12H,1,3-4H2,2H3,(H,25,26)(H,27,28,29). The van der Waals surface area contributed by atoms with E-state index < -0.39 is 11.7 Å². The Kier molecular flexibility index (Phi) is 4.49. The van der Waals surface area contributed by atoms with E-state index in [4.69, 9.17) is 0 Å². The summed E-state index contributed by atoms with van der Waals surface area (Å²) in [5.41, 5.74) is 1.41. The van der Waals surface area contributed by atoms with E-state index in [0.717, 1.165) is 25.1 Å². The number of anilines is 1. The van der Waals surface area contributed by atoms with E-state index in [-0.39, 0.29) is 28.3 Å². The van der Waals surface area contributed by atoms with Crippen LogP contribution in [-0.2, 0) is 6.18 Å². The molecule has 148 valence electrons. The van der Waals surface area contributed by atoms with Crippen LogP contribution in [0.5, 0.6) is 0 Å². The molecule has 1 fully saturated rings. The van der Waals surface area contributed by atoms with Gasteiger partial charge in [-0.3, -0.25) is 0 Å². The molecule has 3 aromatic heterocycles. The van der Waals surface area contributed by atoms with Crippen molar-refractivity contribution in [2.24, 2.45) is 5.92 Å². The van der Waals surface area contributed by atoms with E-state index in [1.54, 1.807) is 0 Å². The average molecular weight is 398 g/mol. The first kappa shape index (κ1) is 18.9. The lowest BCUT2D eigenvalue weighted by atomic mass is 9.77. The zero-order valence-electron chi connectivity index (χ0n) is 15.5. The van der Waals surface area contributed by atoms with Gasteiger partial charge < -0.3 is 10.3 Å². The molecule has 0 radical (unpaired) electrons. The number of rotatable bonds is 4. The molecule has 3 aromatic rings. The molecule has 0 bridgehead atoms. The molecule has 0 saturated heterocycles. The van der Waals surface area contributed by atoms with Crippen LogP contribution in [0, 0.1) is 17.2 Å². The number of hydrogen-bond donors (Lipinski definition) is 2. The van der Waals surface area contributed by atoms with Crippen LogP contribution in [-0.4, -0.2) is 26.0 Å². The largest absolute Gasteiger partial charge is 0.417 e. The monoisotopic (exact) mass is 398 g/mol. The summed E-state index contributed by atoms with van der Waals surface area (Å²) in [6, 6.07) is 3.11. The van der Waals surface area contributed by atoms with Gasteiger partial charge >= 0.3 is 6.18 Å². The van der Waals surface area contributed by atoms with Crippen LogP contribution < -0.4 is 5.32 Å². The second kappa shape index (κ2) is 6.88. The van der Waals surface area contributed by atoms with Gasteiger partial charge in [-0.1, -0.05) is 12.2 Å². The van der Waals surface area contributed by atoms with Crippen molar-refractivity contribution in [3.8, 4) is 17.3 Å². The highest BCUT2D eigenvalue weighted by molar-refractivity contribution is 5.94. The first-order valence-electron chi connectivity index (χ1n) is 9.01. The number of halogens is 3. The number of allylic oxidation sites excluding steroid dienone is 1. The molecule has 0 spiro atoms. The lowest BCUT2D eigenvalue weighted by Crippen LogP contribution is -2.32. The zero-order chi connectivity index (χ0) is 20.8. The molecule has 9 heteroatoms. The zero-order valence-corrected chi connectivity index (χ0v) is 15.5. The van der Waals surface area contributed by atoms with E-state index in [1.807, 2.05) is 13.0 Å². The minimum atomic E-state index is -4.52. The van der Waals surface area contributed by atoms with Gasteiger partial charge in [0.25, 0.3) is 0 Å². The van der Waals surface area contributed by atoms with Crippen molar-refractivity contribution in [2.45, 2.75) is 32.0 Å². The maximum absolute atomic E-state index is 13.1. The molecular weight excluding hydrogens is 381 g/mol. The SMILES string of the molecule is C=C1CC(C(C)Nc2ncc(C#N)c(-c3c[nH]c4ncc(C(F)(F)F)cc34)n2)C1. The van der Waals surface area contributed by atoms with Gasteiger partial charge in [-0.15, -0.1) is 0 Å². The Morgan fingerprint density at radius 1 is 1.31 bits per heavy atom. The van der Waals surface area contributed by atoms with E-state index in [0.29, 0.717) is 17.4 Å². The van der Waals surface area contributed by atoms with Crippen molar-refractivity contribution in [2.75, 3.05) is 5.32 Å². The third kappa shape index (κ3) is 3.53. The van der Waals surface area contributed by atoms with Gasteiger partial charge in [0.05, 0.1) is 23.0 Å². The number of hydrogen-bond acceptors (Lipinski definition) is 5. The Balaban J connectivity index is 1.74. The lowest BCUT2D eigenvalue weighted by molar-refractivity contribution is -0.137. The molecule has 0 aliphatic heterocycles. The second-order valence-corrected chi connectivity index (χ2v) is 7.24. The number of H-pyrrole nitrogens is 1. The van der Waals surface area contributed by atoms with Gasteiger partial charge in [0.1, 0.15) is 11.7 Å². The third-order valence-corrected chi connectivity index (χ3v) is 5.19. The van der Waals surface area contributed by atoms with Crippen LogP contribution in [0.1, 0.15) is 30.9 Å². The molecule has 0 amide bonds.